The van der Waals surface area contributed by atoms with Crippen LogP contribution in [0.15, 0.2) is 90.3 Å². The van der Waals surface area contributed by atoms with Crippen LogP contribution < -0.4 is 4.72 Å². The summed E-state index contributed by atoms with van der Waals surface area (Å²) in [7, 11) is -3.70. The maximum atomic E-state index is 13.7. The Labute approximate surface area is 224 Å². The third-order valence-corrected chi connectivity index (χ3v) is 8.34. The molecule has 0 fully saturated rings. The maximum Gasteiger partial charge on any atom is 0.234 e. The molecule has 0 amide bonds. The summed E-state index contributed by atoms with van der Waals surface area (Å²) >= 11 is 0. The summed E-state index contributed by atoms with van der Waals surface area (Å²) in [6.07, 6.45) is 6.37. The van der Waals surface area contributed by atoms with Crippen molar-refractivity contribution >= 4 is 16.1 Å². The Morgan fingerprint density at radius 1 is 1.03 bits per heavy atom. The van der Waals surface area contributed by atoms with Gasteiger partial charge in [-0.05, 0) is 80.5 Å². The van der Waals surface area contributed by atoms with Crippen molar-refractivity contribution in [1.29, 1.82) is 0 Å². The van der Waals surface area contributed by atoms with Crippen LogP contribution in [0.3, 0.4) is 0 Å². The molecule has 0 saturated heterocycles. The fourth-order valence-corrected chi connectivity index (χ4v) is 6.26. The van der Waals surface area contributed by atoms with Gasteiger partial charge in [0.25, 0.3) is 0 Å². The molecule has 3 aromatic carbocycles. The highest BCUT2D eigenvalue weighted by Crippen LogP contribution is 2.38. The Morgan fingerprint density at radius 3 is 2.42 bits per heavy atom. The lowest BCUT2D eigenvalue weighted by Gasteiger charge is -2.24. The Hall–Kier alpha value is -3.55. The first-order chi connectivity index (χ1) is 18.4. The van der Waals surface area contributed by atoms with Crippen LogP contribution in [0, 0.1) is 5.82 Å². The Balaban J connectivity index is 1.45. The van der Waals surface area contributed by atoms with E-state index in [0.717, 1.165) is 54.6 Å². The lowest BCUT2D eigenvalue weighted by Crippen LogP contribution is -2.24. The van der Waals surface area contributed by atoms with Crippen LogP contribution in [0.2, 0.25) is 0 Å². The van der Waals surface area contributed by atoms with E-state index in [-0.39, 0.29) is 17.8 Å². The first kappa shape index (κ1) is 26.1. The van der Waals surface area contributed by atoms with E-state index in [4.69, 9.17) is 5.10 Å². The van der Waals surface area contributed by atoms with Gasteiger partial charge in [-0.25, -0.2) is 22.2 Å². The van der Waals surface area contributed by atoms with Crippen molar-refractivity contribution in [1.82, 2.24) is 14.5 Å². The first-order valence-electron chi connectivity index (χ1n) is 13.1. The summed E-state index contributed by atoms with van der Waals surface area (Å²) in [5.41, 5.74) is 5.77. The third kappa shape index (κ3) is 6.11. The number of fused-ring (bicyclic) bond motifs is 1. The number of sulfonamides is 1. The van der Waals surface area contributed by atoms with Crippen molar-refractivity contribution < 1.29 is 12.8 Å². The first-order valence-corrected chi connectivity index (χ1v) is 14.6. The number of nitrogens with zero attached hydrogens (tertiary/aromatic N) is 2. The standard InChI is InChI=1S/C31H32FN3O2S/c1-23(25-11-6-3-7-12-25)34-38(36,37)22-21-30-29-14-8-13-26(16-15-24-9-4-2-5-10-24)31(29)35(33-30)28-19-17-27(32)18-20-28/h2-7,9-12,17-23,26,34H,8,13-16H2,1H3. The van der Waals surface area contributed by atoms with E-state index in [1.807, 2.05) is 48.0 Å². The zero-order valence-corrected chi connectivity index (χ0v) is 22.2. The van der Waals surface area contributed by atoms with Gasteiger partial charge in [-0.2, -0.15) is 5.10 Å². The van der Waals surface area contributed by atoms with E-state index < -0.39 is 10.0 Å². The molecule has 1 aromatic heterocycles. The number of benzene rings is 3. The van der Waals surface area contributed by atoms with Crippen LogP contribution >= 0.6 is 0 Å². The zero-order chi connectivity index (χ0) is 26.5. The number of hydrogen-bond acceptors (Lipinski definition) is 3. The molecule has 0 spiro atoms. The van der Waals surface area contributed by atoms with Gasteiger partial charge in [0.05, 0.1) is 17.1 Å². The molecule has 5 rings (SSSR count). The number of aryl methyl sites for hydroxylation is 1. The van der Waals surface area contributed by atoms with Crippen molar-refractivity contribution in [2.45, 2.75) is 51.0 Å². The van der Waals surface area contributed by atoms with Crippen LogP contribution in [0.5, 0.6) is 0 Å². The number of rotatable bonds is 9. The lowest BCUT2D eigenvalue weighted by atomic mass is 9.83. The van der Waals surface area contributed by atoms with Crippen molar-refractivity contribution in [3.05, 3.63) is 124 Å². The Morgan fingerprint density at radius 2 is 1.71 bits per heavy atom. The third-order valence-electron chi connectivity index (χ3n) is 7.16. The van der Waals surface area contributed by atoms with Gasteiger partial charge in [0, 0.05) is 22.9 Å². The second kappa shape index (κ2) is 11.5. The molecule has 0 bridgehead atoms. The predicted molar refractivity (Wildman–Crippen MR) is 150 cm³/mol. The van der Waals surface area contributed by atoms with E-state index in [0.29, 0.717) is 5.69 Å². The smallest absolute Gasteiger partial charge is 0.234 e. The summed E-state index contributed by atoms with van der Waals surface area (Å²) < 4.78 is 44.1. The Bertz CT molecular complexity index is 1500. The molecule has 0 radical (unpaired) electrons. The van der Waals surface area contributed by atoms with Gasteiger partial charge in [-0.3, -0.25) is 0 Å². The van der Waals surface area contributed by atoms with Crippen LogP contribution in [0.4, 0.5) is 4.39 Å². The molecule has 196 valence electrons. The molecule has 0 saturated carbocycles. The number of halogens is 1. The molecule has 2 unspecified atom stereocenters. The van der Waals surface area contributed by atoms with E-state index in [9.17, 15) is 12.8 Å². The monoisotopic (exact) mass is 529 g/mol. The average molecular weight is 530 g/mol. The summed E-state index contributed by atoms with van der Waals surface area (Å²) in [5, 5.41) is 6.06. The van der Waals surface area contributed by atoms with Gasteiger partial charge in [0.2, 0.25) is 10.0 Å². The van der Waals surface area contributed by atoms with Gasteiger partial charge in [0.1, 0.15) is 5.82 Å². The normalized spacial score (nSPS) is 16.4. The fraction of sp³-hybridized carbons (Fsp3) is 0.258. The molecular formula is C31H32FN3O2S. The molecular weight excluding hydrogens is 497 g/mol. The highest BCUT2D eigenvalue weighted by molar-refractivity contribution is 7.92. The second-order valence-corrected chi connectivity index (χ2v) is 11.4. The number of nitrogens with one attached hydrogen (secondary N) is 1. The molecule has 1 aliphatic carbocycles. The molecule has 5 nitrogen and oxygen atoms in total. The Kier molecular flexibility index (Phi) is 7.86. The van der Waals surface area contributed by atoms with Gasteiger partial charge in [-0.15, -0.1) is 0 Å². The SMILES string of the molecule is CC(NS(=O)(=O)C=Cc1nn(-c2ccc(F)cc2)c2c1CCCC2CCc1ccccc1)c1ccccc1. The van der Waals surface area contributed by atoms with E-state index in [1.54, 1.807) is 18.2 Å². The predicted octanol–water partition coefficient (Wildman–Crippen LogP) is 6.72. The second-order valence-electron chi connectivity index (χ2n) is 9.85. The van der Waals surface area contributed by atoms with Crippen molar-refractivity contribution in [2.75, 3.05) is 0 Å². The van der Waals surface area contributed by atoms with E-state index in [2.05, 4.69) is 29.0 Å². The minimum atomic E-state index is -3.70. The molecule has 0 aliphatic heterocycles. The van der Waals surface area contributed by atoms with Gasteiger partial charge >= 0.3 is 0 Å². The highest BCUT2D eigenvalue weighted by atomic mass is 32.2. The summed E-state index contributed by atoms with van der Waals surface area (Å²) in [6, 6.07) is 25.8. The zero-order valence-electron chi connectivity index (χ0n) is 21.4. The van der Waals surface area contributed by atoms with Gasteiger partial charge < -0.3 is 0 Å². The summed E-state index contributed by atoms with van der Waals surface area (Å²) in [4.78, 5) is 0. The number of aromatic nitrogens is 2. The van der Waals surface area contributed by atoms with Crippen LogP contribution in [0.25, 0.3) is 11.8 Å². The van der Waals surface area contributed by atoms with Crippen molar-refractivity contribution in [2.24, 2.45) is 0 Å². The van der Waals surface area contributed by atoms with Gasteiger partial charge in [-0.1, -0.05) is 60.7 Å². The summed E-state index contributed by atoms with van der Waals surface area (Å²) in [6.45, 7) is 1.82. The van der Waals surface area contributed by atoms with Crippen LogP contribution in [0.1, 0.15) is 66.2 Å². The topological polar surface area (TPSA) is 64.0 Å². The molecule has 38 heavy (non-hydrogen) atoms. The molecule has 4 aromatic rings. The van der Waals surface area contributed by atoms with Crippen LogP contribution in [-0.2, 0) is 22.9 Å². The molecule has 7 heteroatoms. The van der Waals surface area contributed by atoms with E-state index >= 15 is 0 Å². The fourth-order valence-electron chi connectivity index (χ4n) is 5.25. The quantitative estimate of drug-likeness (QED) is 0.262. The molecule has 1 heterocycles. The van der Waals surface area contributed by atoms with E-state index in [1.165, 1.54) is 23.1 Å². The van der Waals surface area contributed by atoms with Crippen molar-refractivity contribution in [3.63, 3.8) is 0 Å². The highest BCUT2D eigenvalue weighted by Gasteiger charge is 2.28. The molecule has 2 atom stereocenters. The molecule has 1 aliphatic rings. The maximum absolute atomic E-state index is 13.7. The minimum Gasteiger partial charge on any atom is -0.237 e. The lowest BCUT2D eigenvalue weighted by molar-refractivity contribution is 0.497. The summed E-state index contributed by atoms with van der Waals surface area (Å²) in [5.74, 6) is -0.0354. The minimum absolute atomic E-state index is 0.270. The van der Waals surface area contributed by atoms with Crippen molar-refractivity contribution in [3.8, 4) is 5.69 Å². The molecule has 1 N–H and O–H groups in total. The van der Waals surface area contributed by atoms with Crippen LogP contribution in [-0.4, -0.2) is 18.2 Å². The average Bonchev–Trinajstić information content (AvgIpc) is 3.31. The largest absolute Gasteiger partial charge is 0.237 e. The number of hydrogen-bond donors (Lipinski definition) is 1. The van der Waals surface area contributed by atoms with Gasteiger partial charge in [0.15, 0.2) is 0 Å².